The number of aromatic nitrogens is 1. The van der Waals surface area contributed by atoms with Crippen LogP contribution in [0.15, 0.2) is 6.07 Å². The molecule has 0 aliphatic carbocycles. The van der Waals surface area contributed by atoms with E-state index in [1.165, 1.54) is 6.92 Å². The summed E-state index contributed by atoms with van der Waals surface area (Å²) in [5.74, 6) is -1.07. The molecule has 0 amide bonds. The van der Waals surface area contributed by atoms with Crippen molar-refractivity contribution in [1.29, 1.82) is 0 Å². The maximum absolute atomic E-state index is 13.0. The first kappa shape index (κ1) is 11.4. The number of nitrogens with zero attached hydrogens (tertiary/aromatic N) is 1. The molecule has 76 valence electrons. The highest BCUT2D eigenvalue weighted by Crippen LogP contribution is 2.24. The normalized spacial score (nSPS) is 12.6. The molecular weight excluding hydrogens is 230 g/mol. The van der Waals surface area contributed by atoms with E-state index in [4.69, 9.17) is 28.9 Å². The summed E-state index contributed by atoms with van der Waals surface area (Å²) >= 11 is 11.0. The summed E-state index contributed by atoms with van der Waals surface area (Å²) in [7, 11) is 0. The van der Waals surface area contributed by atoms with Crippen LogP contribution in [-0.4, -0.2) is 10.8 Å². The monoisotopic (exact) mass is 236 g/mol. The molecule has 6 heteroatoms. The second kappa shape index (κ2) is 4.21. The van der Waals surface area contributed by atoms with Gasteiger partial charge in [0.05, 0.1) is 6.04 Å². The number of carbonyl (C=O) groups excluding carboxylic acids is 1. The van der Waals surface area contributed by atoms with Crippen molar-refractivity contribution in [2.75, 3.05) is 0 Å². The summed E-state index contributed by atoms with van der Waals surface area (Å²) in [6, 6.07) is 0.0470. The molecule has 0 aliphatic heterocycles. The molecule has 0 saturated carbocycles. The van der Waals surface area contributed by atoms with Crippen LogP contribution in [0.25, 0.3) is 0 Å². The van der Waals surface area contributed by atoms with Gasteiger partial charge in [-0.3, -0.25) is 4.79 Å². The van der Waals surface area contributed by atoms with E-state index in [0.717, 1.165) is 6.07 Å². The molecule has 1 rings (SSSR count). The maximum Gasteiger partial charge on any atom is 0.166 e. The third-order valence-corrected chi connectivity index (χ3v) is 2.25. The summed E-state index contributed by atoms with van der Waals surface area (Å²) in [5, 5.41) is -0.395. The van der Waals surface area contributed by atoms with Crippen LogP contribution in [0.2, 0.25) is 10.3 Å². The molecule has 1 atom stereocenters. The Labute approximate surface area is 90.0 Å². The van der Waals surface area contributed by atoms with Crippen molar-refractivity contribution in [3.8, 4) is 0 Å². The number of carbonyl (C=O) groups is 1. The molecule has 0 spiro atoms. The van der Waals surface area contributed by atoms with Crippen LogP contribution in [0, 0.1) is 5.82 Å². The molecule has 1 unspecified atom stereocenters. The number of hydrogen-bond acceptors (Lipinski definition) is 3. The lowest BCUT2D eigenvalue weighted by molar-refractivity contribution is -0.118. The Morgan fingerprint density at radius 2 is 2.14 bits per heavy atom. The van der Waals surface area contributed by atoms with Crippen molar-refractivity contribution in [2.24, 2.45) is 5.73 Å². The first-order valence-electron chi connectivity index (χ1n) is 3.71. The minimum absolute atomic E-state index is 0.0564. The van der Waals surface area contributed by atoms with Gasteiger partial charge >= 0.3 is 0 Å². The molecule has 0 bridgehead atoms. The fourth-order valence-electron chi connectivity index (χ4n) is 0.897. The fraction of sp³-hybridized carbons (Fsp3) is 0.250. The third kappa shape index (κ3) is 2.20. The quantitative estimate of drug-likeness (QED) is 0.801. The van der Waals surface area contributed by atoms with Gasteiger partial charge in [-0.05, 0) is 13.0 Å². The third-order valence-electron chi connectivity index (χ3n) is 1.69. The molecule has 0 fully saturated rings. The largest absolute Gasteiger partial charge is 0.318 e. The second-order valence-corrected chi connectivity index (χ2v) is 3.45. The highest BCUT2D eigenvalue weighted by molar-refractivity contribution is 6.33. The van der Waals surface area contributed by atoms with Crippen molar-refractivity contribution in [1.82, 2.24) is 4.98 Å². The van der Waals surface area contributed by atoms with Crippen molar-refractivity contribution in [3.05, 3.63) is 27.8 Å². The number of halogens is 3. The van der Waals surface area contributed by atoms with E-state index in [-0.39, 0.29) is 21.7 Å². The Bertz CT molecular complexity index is 384. The standard InChI is InChI=1S/C8H7Cl2FN2O/c1-3(14)6(12)4-2-5(11)8(10)13-7(4)9/h2,6H,12H2,1H3. The number of ketones is 1. The Kier molecular flexibility index (Phi) is 3.42. The minimum Gasteiger partial charge on any atom is -0.318 e. The zero-order chi connectivity index (χ0) is 10.9. The molecule has 1 aromatic heterocycles. The summed E-state index contributed by atoms with van der Waals surface area (Å²) in [6.07, 6.45) is 0. The maximum atomic E-state index is 13.0. The number of hydrogen-bond donors (Lipinski definition) is 1. The van der Waals surface area contributed by atoms with Crippen LogP contribution < -0.4 is 5.73 Å². The van der Waals surface area contributed by atoms with Crippen LogP contribution in [0.4, 0.5) is 4.39 Å². The molecule has 0 radical (unpaired) electrons. The molecule has 0 saturated heterocycles. The Hall–Kier alpha value is -0.710. The predicted molar refractivity (Wildman–Crippen MR) is 51.8 cm³/mol. The molecule has 14 heavy (non-hydrogen) atoms. The highest BCUT2D eigenvalue weighted by Gasteiger charge is 2.18. The number of nitrogens with two attached hydrogens (primary N) is 1. The first-order chi connectivity index (χ1) is 6.43. The summed E-state index contributed by atoms with van der Waals surface area (Å²) in [5.41, 5.74) is 5.61. The topological polar surface area (TPSA) is 56.0 Å². The smallest absolute Gasteiger partial charge is 0.166 e. The molecule has 1 aromatic rings. The van der Waals surface area contributed by atoms with Gasteiger partial charge in [-0.1, -0.05) is 23.2 Å². The summed E-state index contributed by atoms with van der Waals surface area (Å²) in [4.78, 5) is 14.4. The van der Waals surface area contributed by atoms with Crippen LogP contribution in [0.1, 0.15) is 18.5 Å². The first-order valence-corrected chi connectivity index (χ1v) is 4.46. The van der Waals surface area contributed by atoms with Crippen molar-refractivity contribution < 1.29 is 9.18 Å². The molecule has 2 N–H and O–H groups in total. The van der Waals surface area contributed by atoms with E-state index in [0.29, 0.717) is 0 Å². The van der Waals surface area contributed by atoms with Gasteiger partial charge in [0.1, 0.15) is 5.15 Å². The van der Waals surface area contributed by atoms with Gasteiger partial charge in [0.2, 0.25) is 0 Å². The zero-order valence-corrected chi connectivity index (χ0v) is 8.73. The van der Waals surface area contributed by atoms with Crippen LogP contribution in [0.3, 0.4) is 0 Å². The lowest BCUT2D eigenvalue weighted by Gasteiger charge is -2.09. The Balaban J connectivity index is 3.22. The SMILES string of the molecule is CC(=O)C(N)c1cc(F)c(Cl)nc1Cl. The Morgan fingerprint density at radius 3 is 2.64 bits per heavy atom. The molecular formula is C8H7Cl2FN2O. The van der Waals surface area contributed by atoms with Gasteiger partial charge < -0.3 is 5.73 Å². The van der Waals surface area contributed by atoms with E-state index in [9.17, 15) is 9.18 Å². The highest BCUT2D eigenvalue weighted by atomic mass is 35.5. The molecule has 3 nitrogen and oxygen atoms in total. The van der Waals surface area contributed by atoms with Gasteiger partial charge in [-0.25, -0.2) is 9.37 Å². The minimum atomic E-state index is -0.971. The van der Waals surface area contributed by atoms with E-state index in [1.807, 2.05) is 0 Å². The average molecular weight is 237 g/mol. The lowest BCUT2D eigenvalue weighted by atomic mass is 10.1. The van der Waals surface area contributed by atoms with E-state index in [1.54, 1.807) is 0 Å². The van der Waals surface area contributed by atoms with Crippen LogP contribution >= 0.6 is 23.2 Å². The van der Waals surface area contributed by atoms with Gasteiger partial charge in [0, 0.05) is 5.56 Å². The number of rotatable bonds is 2. The van der Waals surface area contributed by atoms with Gasteiger partial charge in [-0.15, -0.1) is 0 Å². The zero-order valence-electron chi connectivity index (χ0n) is 7.22. The van der Waals surface area contributed by atoms with Crippen molar-refractivity contribution in [3.63, 3.8) is 0 Å². The summed E-state index contributed by atoms with van der Waals surface area (Å²) < 4.78 is 13.0. The average Bonchev–Trinajstić information content (AvgIpc) is 2.10. The second-order valence-electron chi connectivity index (χ2n) is 2.73. The molecule has 0 aliphatic rings. The predicted octanol–water partition coefficient (Wildman–Crippen LogP) is 2.12. The van der Waals surface area contributed by atoms with Crippen LogP contribution in [0.5, 0.6) is 0 Å². The fourth-order valence-corrected chi connectivity index (χ4v) is 1.34. The van der Waals surface area contributed by atoms with E-state index < -0.39 is 11.9 Å². The van der Waals surface area contributed by atoms with Crippen molar-refractivity contribution >= 4 is 29.0 Å². The lowest BCUT2D eigenvalue weighted by Crippen LogP contribution is -2.19. The molecule has 1 heterocycles. The van der Waals surface area contributed by atoms with Gasteiger partial charge in [0.25, 0.3) is 0 Å². The van der Waals surface area contributed by atoms with E-state index in [2.05, 4.69) is 4.98 Å². The summed E-state index contributed by atoms with van der Waals surface area (Å²) in [6.45, 7) is 1.29. The van der Waals surface area contributed by atoms with E-state index >= 15 is 0 Å². The van der Waals surface area contributed by atoms with Crippen LogP contribution in [-0.2, 0) is 4.79 Å². The molecule has 0 aromatic carbocycles. The number of pyridine rings is 1. The van der Waals surface area contributed by atoms with Gasteiger partial charge in [-0.2, -0.15) is 0 Å². The van der Waals surface area contributed by atoms with Crippen molar-refractivity contribution in [2.45, 2.75) is 13.0 Å². The van der Waals surface area contributed by atoms with Gasteiger partial charge in [0.15, 0.2) is 16.8 Å². The Morgan fingerprint density at radius 1 is 1.57 bits per heavy atom. The number of Topliss-reactive ketones (excluding diaryl/α,β-unsaturated/α-hetero) is 1.